The second-order valence-electron chi connectivity index (χ2n) is 14.8. The quantitative estimate of drug-likeness (QED) is 0.156. The molecule has 256 valence electrons. The number of rotatable bonds is 7. The van der Waals surface area contributed by atoms with Crippen LogP contribution in [0.2, 0.25) is 0 Å². The van der Waals surface area contributed by atoms with Crippen molar-refractivity contribution in [3.8, 4) is 11.1 Å². The predicted molar refractivity (Wildman–Crippen MR) is 199 cm³/mol. The van der Waals surface area contributed by atoms with Gasteiger partial charge in [-0.05, 0) is 122 Å². The Morgan fingerprint density at radius 2 is 1.74 bits per heavy atom. The summed E-state index contributed by atoms with van der Waals surface area (Å²) in [6, 6.07) is 19.3. The first-order valence-corrected chi connectivity index (χ1v) is 18.5. The van der Waals surface area contributed by atoms with E-state index in [9.17, 15) is 14.7 Å². The summed E-state index contributed by atoms with van der Waals surface area (Å²) in [5, 5.41) is 17.9. The lowest BCUT2D eigenvalue weighted by molar-refractivity contribution is 0.0691. The topological polar surface area (TPSA) is 120 Å². The third-order valence-electron chi connectivity index (χ3n) is 10.9. The van der Waals surface area contributed by atoms with E-state index in [0.717, 1.165) is 63.5 Å². The van der Waals surface area contributed by atoms with Crippen molar-refractivity contribution in [2.24, 2.45) is 17.8 Å². The normalized spacial score (nSPS) is 22.9. The Labute approximate surface area is 296 Å². The maximum Gasteiger partial charge on any atom is 0.355 e. The molecule has 3 aliphatic rings. The van der Waals surface area contributed by atoms with Crippen LogP contribution in [0.1, 0.15) is 83.5 Å². The highest BCUT2D eigenvalue weighted by atomic mass is 32.1. The van der Waals surface area contributed by atoms with Crippen LogP contribution in [-0.2, 0) is 13.0 Å². The lowest BCUT2D eigenvalue weighted by Crippen LogP contribution is -2.50. The third-order valence-corrected chi connectivity index (χ3v) is 11.9. The summed E-state index contributed by atoms with van der Waals surface area (Å²) in [6.07, 6.45) is 8.48. The fourth-order valence-electron chi connectivity index (χ4n) is 9.15. The number of thiazole rings is 1. The molecule has 3 aromatic heterocycles. The van der Waals surface area contributed by atoms with Crippen LogP contribution in [0.25, 0.3) is 21.3 Å². The molecule has 2 atom stereocenters. The number of para-hydroxylation sites is 1. The summed E-state index contributed by atoms with van der Waals surface area (Å²) in [4.78, 5) is 42.5. The number of hydrogen-bond acceptors (Lipinski definition) is 8. The van der Waals surface area contributed by atoms with Gasteiger partial charge >= 0.3 is 5.97 Å². The van der Waals surface area contributed by atoms with Gasteiger partial charge in [-0.1, -0.05) is 49.4 Å². The lowest BCUT2D eigenvalue weighted by Gasteiger charge is -2.50. The largest absolute Gasteiger partial charge is 0.476 e. The van der Waals surface area contributed by atoms with Gasteiger partial charge in [0, 0.05) is 36.0 Å². The number of fused-ring (bicyclic) bond motifs is 4. The van der Waals surface area contributed by atoms with Crippen molar-refractivity contribution in [3.63, 3.8) is 0 Å². The van der Waals surface area contributed by atoms with E-state index >= 15 is 0 Å². The number of amides is 1. The van der Waals surface area contributed by atoms with Crippen molar-refractivity contribution in [2.75, 3.05) is 22.1 Å². The number of carboxylic acids is 1. The summed E-state index contributed by atoms with van der Waals surface area (Å²) >= 11 is 1.45. The van der Waals surface area contributed by atoms with Crippen LogP contribution < -0.4 is 15.5 Å². The number of pyridine rings is 2. The lowest BCUT2D eigenvalue weighted by atomic mass is 9.61. The highest BCUT2D eigenvalue weighted by molar-refractivity contribution is 7.22. The molecular weight excluding hydrogens is 645 g/mol. The number of anilines is 3. The molecule has 2 bridgehead atoms. The molecule has 4 heterocycles. The van der Waals surface area contributed by atoms with E-state index in [1.165, 1.54) is 24.2 Å². The molecule has 0 radical (unpaired) electrons. The van der Waals surface area contributed by atoms with E-state index < -0.39 is 5.97 Å². The highest BCUT2D eigenvalue weighted by Crippen LogP contribution is 2.49. The number of aromatic nitrogens is 3. The van der Waals surface area contributed by atoms with Crippen LogP contribution in [0.3, 0.4) is 0 Å². The molecule has 0 saturated heterocycles. The van der Waals surface area contributed by atoms with Gasteiger partial charge in [-0.2, -0.15) is 0 Å². The van der Waals surface area contributed by atoms with Gasteiger partial charge in [0.05, 0.1) is 10.2 Å². The monoisotopic (exact) mass is 686 g/mol. The molecule has 3 N–H and O–H groups in total. The van der Waals surface area contributed by atoms with E-state index in [1.807, 2.05) is 61.5 Å². The van der Waals surface area contributed by atoms with E-state index in [0.29, 0.717) is 53.4 Å². The van der Waals surface area contributed by atoms with Crippen LogP contribution in [0.15, 0.2) is 66.9 Å². The van der Waals surface area contributed by atoms with Crippen molar-refractivity contribution < 1.29 is 14.7 Å². The zero-order chi connectivity index (χ0) is 34.6. The molecule has 1 aliphatic heterocycles. The van der Waals surface area contributed by atoms with Gasteiger partial charge in [0.25, 0.3) is 5.91 Å². The number of aromatic carboxylic acids is 1. The van der Waals surface area contributed by atoms with Gasteiger partial charge in [0.2, 0.25) is 0 Å². The molecular formula is C40H42N6O3S. The highest BCUT2D eigenvalue weighted by Gasteiger charge is 2.44. The Morgan fingerprint density at radius 3 is 2.52 bits per heavy atom. The summed E-state index contributed by atoms with van der Waals surface area (Å²) < 4.78 is 1.01. The van der Waals surface area contributed by atoms with E-state index in [4.69, 9.17) is 9.97 Å². The fraction of sp³-hybridized carbons (Fsp3) is 0.375. The predicted octanol–water partition coefficient (Wildman–Crippen LogP) is 8.59. The van der Waals surface area contributed by atoms with E-state index in [-0.39, 0.29) is 17.1 Å². The summed E-state index contributed by atoms with van der Waals surface area (Å²) in [5.74, 6) is 2.17. The van der Waals surface area contributed by atoms with Crippen LogP contribution in [0.4, 0.5) is 16.8 Å². The van der Waals surface area contributed by atoms with Gasteiger partial charge < -0.3 is 15.3 Å². The molecule has 1 amide bonds. The third kappa shape index (κ3) is 6.10. The molecule has 2 aliphatic carbocycles. The number of carboxylic acid groups (broad SMARTS) is 1. The van der Waals surface area contributed by atoms with Crippen LogP contribution in [-0.4, -0.2) is 44.0 Å². The van der Waals surface area contributed by atoms with Crippen molar-refractivity contribution in [3.05, 3.63) is 94.8 Å². The standard InChI is InChI=1S/C40H42N6O3S/c1-23-17-26-18-24(2)20-40(19-23,21-26)45-36-25(3)28(13-15-41-36)29-11-12-34(43-35(29)38(48)49)46-16-14-27-7-6-8-30(31(27)22-46)37(47)44-39-42-32-9-4-5-10-33(32)50-39/h4-13,15,23-24,26H,14,16-22H2,1-3H3,(H,41,45)(H,48,49)(H,42,44,47). The first-order valence-electron chi connectivity index (χ1n) is 17.7. The van der Waals surface area contributed by atoms with Crippen molar-refractivity contribution in [2.45, 2.75) is 71.4 Å². The molecule has 9 nitrogen and oxygen atoms in total. The van der Waals surface area contributed by atoms with Crippen LogP contribution in [0.5, 0.6) is 0 Å². The number of nitrogens with one attached hydrogen (secondary N) is 2. The van der Waals surface area contributed by atoms with Gasteiger partial charge in [-0.25, -0.2) is 19.7 Å². The number of hydrogen-bond donors (Lipinski definition) is 3. The Kier molecular flexibility index (Phi) is 8.29. The fourth-order valence-corrected chi connectivity index (χ4v) is 10.0. The van der Waals surface area contributed by atoms with Crippen LogP contribution in [0, 0.1) is 24.7 Å². The summed E-state index contributed by atoms with van der Waals surface area (Å²) in [7, 11) is 0. The Hall–Kier alpha value is -4.83. The number of benzene rings is 2. The Morgan fingerprint density at radius 1 is 0.940 bits per heavy atom. The van der Waals surface area contributed by atoms with Crippen molar-refractivity contribution in [1.29, 1.82) is 0 Å². The zero-order valence-corrected chi connectivity index (χ0v) is 29.5. The van der Waals surface area contributed by atoms with E-state index in [2.05, 4.69) is 40.4 Å². The first kappa shape index (κ1) is 32.4. The average molecular weight is 687 g/mol. The molecule has 5 aromatic rings. The maximum atomic E-state index is 13.6. The Bertz CT molecular complexity index is 2080. The Balaban J connectivity index is 1.06. The molecule has 10 heteroatoms. The molecule has 2 aromatic carbocycles. The summed E-state index contributed by atoms with van der Waals surface area (Å²) in [6.45, 7) is 7.85. The second-order valence-corrected chi connectivity index (χ2v) is 15.9. The van der Waals surface area contributed by atoms with Crippen molar-refractivity contribution >= 4 is 50.2 Å². The molecule has 2 fully saturated rings. The first-order chi connectivity index (χ1) is 24.1. The summed E-state index contributed by atoms with van der Waals surface area (Å²) in [5.41, 5.74) is 5.79. The van der Waals surface area contributed by atoms with Gasteiger partial charge in [-0.3, -0.25) is 10.1 Å². The SMILES string of the molecule is Cc1c(-c2ccc(N3CCc4cccc(C(=O)Nc5nc6ccccc6s5)c4C3)nc2C(=O)O)ccnc1NC12CC(C)CC(CC(C)C1)C2. The smallest absolute Gasteiger partial charge is 0.355 e. The molecule has 2 unspecified atom stereocenters. The van der Waals surface area contributed by atoms with Gasteiger partial charge in [0.1, 0.15) is 11.6 Å². The maximum absolute atomic E-state index is 13.6. The number of carbonyl (C=O) groups excluding carboxylic acids is 1. The molecule has 8 rings (SSSR count). The zero-order valence-electron chi connectivity index (χ0n) is 28.7. The molecule has 0 spiro atoms. The minimum absolute atomic E-state index is 0.00576. The average Bonchev–Trinajstić information content (AvgIpc) is 3.50. The minimum Gasteiger partial charge on any atom is -0.476 e. The number of nitrogens with zero attached hydrogens (tertiary/aromatic N) is 4. The molecule has 50 heavy (non-hydrogen) atoms. The molecule has 2 saturated carbocycles. The van der Waals surface area contributed by atoms with Gasteiger partial charge in [0.15, 0.2) is 10.8 Å². The number of carbonyl (C=O) groups is 2. The van der Waals surface area contributed by atoms with Crippen molar-refractivity contribution in [1.82, 2.24) is 15.0 Å². The second kappa shape index (κ2) is 12.8. The minimum atomic E-state index is -1.08. The van der Waals surface area contributed by atoms with Gasteiger partial charge in [-0.15, -0.1) is 0 Å². The van der Waals surface area contributed by atoms with Crippen LogP contribution >= 0.6 is 11.3 Å². The van der Waals surface area contributed by atoms with E-state index in [1.54, 1.807) is 6.20 Å².